The van der Waals surface area contributed by atoms with Crippen molar-refractivity contribution in [3.8, 4) is 27.9 Å². The monoisotopic (exact) mass is 657 g/mol. The molecule has 0 saturated carbocycles. The van der Waals surface area contributed by atoms with Gasteiger partial charge in [-0.3, -0.25) is 14.4 Å². The molecule has 4 N–H and O–H groups in total. The largest absolute Gasteiger partial charge is 0.490 e. The number of aromatic nitrogens is 2. The number of thiophene rings is 2. The third-order valence-corrected chi connectivity index (χ3v) is 9.70. The lowest BCUT2D eigenvalue weighted by Gasteiger charge is -2.17. The van der Waals surface area contributed by atoms with Crippen molar-refractivity contribution in [3.05, 3.63) is 60.1 Å². The van der Waals surface area contributed by atoms with E-state index in [0.29, 0.717) is 45.5 Å². The number of ether oxygens (including phenoxy) is 1. The van der Waals surface area contributed by atoms with Gasteiger partial charge in [0.1, 0.15) is 29.9 Å². The van der Waals surface area contributed by atoms with E-state index in [1.165, 1.54) is 11.3 Å². The summed E-state index contributed by atoms with van der Waals surface area (Å²) in [6.45, 7) is 10.5. The van der Waals surface area contributed by atoms with Crippen molar-refractivity contribution in [3.63, 3.8) is 0 Å². The number of aldehydes is 2. The molecular formula is C31H35N3O9S2. The fourth-order valence-corrected chi connectivity index (χ4v) is 6.29. The average Bonchev–Trinajstić information content (AvgIpc) is 3.71. The number of hydrogen-bond donors (Lipinski definition) is 4. The molecule has 0 bridgehead atoms. The van der Waals surface area contributed by atoms with Gasteiger partial charge in [0.15, 0.2) is 12.6 Å². The van der Waals surface area contributed by atoms with Crippen LogP contribution in [0.15, 0.2) is 16.7 Å². The summed E-state index contributed by atoms with van der Waals surface area (Å²) in [5.41, 5.74) is 5.84. The van der Waals surface area contributed by atoms with Gasteiger partial charge in [0.2, 0.25) is 11.7 Å². The SMILES string of the molecule is CCc1cc(-c2noc(-c3sc(C=O)c(C)c3C)n2)cc(C)c1OC[C@@H](O)CNC(=O)CO.Cc1c(C=O)sc(C(=O)O)c1C. The molecule has 0 aliphatic heterocycles. The number of aryl methyl sites for hydroxylation is 2. The Bertz CT molecular complexity index is 1700. The summed E-state index contributed by atoms with van der Waals surface area (Å²) in [6.07, 6.45) is 1.29. The van der Waals surface area contributed by atoms with E-state index in [9.17, 15) is 24.3 Å². The Morgan fingerprint density at radius 1 is 1.02 bits per heavy atom. The molecule has 1 aromatic carbocycles. The topological polar surface area (TPSA) is 189 Å². The summed E-state index contributed by atoms with van der Waals surface area (Å²) < 4.78 is 11.3. The van der Waals surface area contributed by atoms with E-state index in [-0.39, 0.29) is 18.0 Å². The third kappa shape index (κ3) is 8.28. The van der Waals surface area contributed by atoms with Crippen LogP contribution in [0.2, 0.25) is 0 Å². The highest BCUT2D eigenvalue weighted by Crippen LogP contribution is 2.36. The van der Waals surface area contributed by atoms with Crippen LogP contribution in [0.25, 0.3) is 22.2 Å². The molecule has 0 radical (unpaired) electrons. The fourth-order valence-electron chi connectivity index (χ4n) is 4.27. The lowest BCUT2D eigenvalue weighted by molar-refractivity contribution is -0.124. The number of carboxylic acids is 1. The number of hydrogen-bond acceptors (Lipinski definition) is 12. The van der Waals surface area contributed by atoms with Crippen molar-refractivity contribution >= 4 is 47.1 Å². The van der Waals surface area contributed by atoms with Gasteiger partial charge in [-0.15, -0.1) is 22.7 Å². The number of amides is 1. The quantitative estimate of drug-likeness (QED) is 0.157. The molecule has 3 heterocycles. The lowest BCUT2D eigenvalue weighted by Crippen LogP contribution is -2.36. The number of benzene rings is 1. The van der Waals surface area contributed by atoms with E-state index in [1.807, 2.05) is 39.8 Å². The molecule has 240 valence electrons. The first kappa shape index (κ1) is 35.2. The number of aromatic carboxylic acids is 1. The summed E-state index contributed by atoms with van der Waals surface area (Å²) in [4.78, 5) is 50.1. The lowest BCUT2D eigenvalue weighted by atomic mass is 10.0. The molecule has 0 aliphatic carbocycles. The van der Waals surface area contributed by atoms with Gasteiger partial charge >= 0.3 is 5.97 Å². The van der Waals surface area contributed by atoms with E-state index in [0.717, 1.165) is 55.9 Å². The average molecular weight is 658 g/mol. The van der Waals surface area contributed by atoms with Crippen molar-refractivity contribution in [2.24, 2.45) is 0 Å². The van der Waals surface area contributed by atoms with Gasteiger partial charge in [0.05, 0.1) is 14.6 Å². The van der Waals surface area contributed by atoms with Crippen molar-refractivity contribution in [1.29, 1.82) is 0 Å². The number of nitrogens with one attached hydrogen (secondary N) is 1. The van der Waals surface area contributed by atoms with E-state index in [4.69, 9.17) is 19.5 Å². The maximum Gasteiger partial charge on any atom is 0.346 e. The van der Waals surface area contributed by atoms with Crippen LogP contribution in [-0.2, 0) is 11.2 Å². The van der Waals surface area contributed by atoms with Gasteiger partial charge in [0.25, 0.3) is 5.89 Å². The van der Waals surface area contributed by atoms with Crippen LogP contribution in [0, 0.1) is 34.6 Å². The maximum absolute atomic E-state index is 11.3. The van der Waals surface area contributed by atoms with Crippen molar-refractivity contribution in [1.82, 2.24) is 15.5 Å². The molecule has 4 aromatic rings. The number of aliphatic hydroxyl groups is 2. The minimum Gasteiger partial charge on any atom is -0.490 e. The second-order valence-corrected chi connectivity index (χ2v) is 12.2. The molecule has 0 saturated heterocycles. The van der Waals surface area contributed by atoms with Crippen LogP contribution in [0.3, 0.4) is 0 Å². The van der Waals surface area contributed by atoms with E-state index in [2.05, 4.69) is 15.5 Å². The number of rotatable bonds is 12. The molecule has 0 fully saturated rings. The number of carbonyl (C=O) groups excluding carboxylic acids is 3. The Hall–Kier alpha value is -4.24. The van der Waals surface area contributed by atoms with Gasteiger partial charge < -0.3 is 29.9 Å². The first-order chi connectivity index (χ1) is 21.4. The van der Waals surface area contributed by atoms with Crippen molar-refractivity contribution in [2.45, 2.75) is 54.1 Å². The highest BCUT2D eigenvalue weighted by Gasteiger charge is 2.20. The molecule has 4 rings (SSSR count). The van der Waals surface area contributed by atoms with Crippen LogP contribution in [0.4, 0.5) is 0 Å². The highest BCUT2D eigenvalue weighted by molar-refractivity contribution is 7.17. The van der Waals surface area contributed by atoms with Gasteiger partial charge in [-0.25, -0.2) is 4.79 Å². The summed E-state index contributed by atoms with van der Waals surface area (Å²) in [5, 5.41) is 34.0. The number of carboxylic acid groups (broad SMARTS) is 1. The number of carbonyl (C=O) groups is 4. The smallest absolute Gasteiger partial charge is 0.346 e. The molecular weight excluding hydrogens is 622 g/mol. The Morgan fingerprint density at radius 3 is 2.20 bits per heavy atom. The summed E-state index contributed by atoms with van der Waals surface area (Å²) in [7, 11) is 0. The maximum atomic E-state index is 11.3. The zero-order chi connectivity index (χ0) is 33.4. The molecule has 12 nitrogen and oxygen atoms in total. The van der Waals surface area contributed by atoms with Gasteiger partial charge in [0, 0.05) is 12.1 Å². The summed E-state index contributed by atoms with van der Waals surface area (Å²) >= 11 is 2.36. The predicted molar refractivity (Wildman–Crippen MR) is 170 cm³/mol. The first-order valence-corrected chi connectivity index (χ1v) is 15.5. The van der Waals surface area contributed by atoms with E-state index >= 15 is 0 Å². The first-order valence-electron chi connectivity index (χ1n) is 13.9. The second-order valence-electron chi connectivity index (χ2n) is 10.1. The van der Waals surface area contributed by atoms with E-state index in [1.54, 1.807) is 13.8 Å². The molecule has 0 unspecified atom stereocenters. The Balaban J connectivity index is 0.000000385. The van der Waals surface area contributed by atoms with Crippen LogP contribution < -0.4 is 10.1 Å². The van der Waals surface area contributed by atoms with Crippen LogP contribution >= 0.6 is 22.7 Å². The normalized spacial score (nSPS) is 11.4. The van der Waals surface area contributed by atoms with Crippen molar-refractivity contribution in [2.75, 3.05) is 19.8 Å². The molecule has 45 heavy (non-hydrogen) atoms. The fraction of sp³-hybridized carbons (Fsp3) is 0.355. The molecule has 14 heteroatoms. The molecule has 1 amide bonds. The minimum absolute atomic E-state index is 0.0126. The number of aliphatic hydroxyl groups excluding tert-OH is 2. The van der Waals surface area contributed by atoms with E-state index < -0.39 is 24.6 Å². The van der Waals surface area contributed by atoms with Gasteiger partial charge in [-0.05, 0) is 86.6 Å². The molecule has 3 aromatic heterocycles. The summed E-state index contributed by atoms with van der Waals surface area (Å²) in [6, 6.07) is 3.80. The Kier molecular flexibility index (Phi) is 12.3. The van der Waals surface area contributed by atoms with Crippen LogP contribution in [0.5, 0.6) is 5.75 Å². The Labute approximate surface area is 267 Å². The zero-order valence-corrected chi connectivity index (χ0v) is 27.4. The van der Waals surface area contributed by atoms with Gasteiger partial charge in [-0.1, -0.05) is 12.1 Å². The highest BCUT2D eigenvalue weighted by atomic mass is 32.1. The molecule has 0 spiro atoms. The molecule has 1 atom stereocenters. The predicted octanol–water partition coefficient (Wildman–Crippen LogP) is 4.49. The number of nitrogens with zero attached hydrogens (tertiary/aromatic N) is 2. The molecule has 0 aliphatic rings. The second kappa shape index (κ2) is 15.7. The summed E-state index contributed by atoms with van der Waals surface area (Å²) in [5.74, 6) is -0.0721. The zero-order valence-electron chi connectivity index (χ0n) is 25.7. The van der Waals surface area contributed by atoms with Crippen LogP contribution in [0.1, 0.15) is 69.3 Å². The van der Waals surface area contributed by atoms with Crippen molar-refractivity contribution < 1.29 is 43.8 Å². The Morgan fingerprint density at radius 2 is 1.67 bits per heavy atom. The minimum atomic E-state index is -0.964. The third-order valence-electron chi connectivity index (χ3n) is 7.09. The standard InChI is InChI=1S/C23H27N3O6S.C8H8O3S/c1-5-15-7-16(6-12(2)20(15)31-11-17(29)8-24-19(30)10-28)22-25-23(32-26-22)21-14(4)13(3)18(9-27)33-21;1-4-5(2)7(8(10)11)12-6(4)3-9/h6-7,9,17,28-29H,5,8,10-11H2,1-4H3,(H,24,30);3H,1-2H3,(H,10,11)/t17-;/m0./s1. The van der Waals surface area contributed by atoms with Gasteiger partial charge in [-0.2, -0.15) is 4.98 Å². The van der Waals surface area contributed by atoms with Crippen LogP contribution in [-0.4, -0.2) is 75.8 Å².